The van der Waals surface area contributed by atoms with Gasteiger partial charge in [-0.15, -0.1) is 0 Å². The van der Waals surface area contributed by atoms with Crippen LogP contribution in [0.15, 0.2) is 22.7 Å². The smallest absolute Gasteiger partial charge is 0.308 e. The molecule has 6 heteroatoms. The average molecular weight is 332 g/mol. The molecule has 1 atom stereocenters. The van der Waals surface area contributed by atoms with Crippen molar-refractivity contribution in [3.63, 3.8) is 0 Å². The molecular formula is C13H15BrFNO3. The lowest BCUT2D eigenvalue weighted by atomic mass is 9.96. The second-order valence-electron chi connectivity index (χ2n) is 4.50. The number of carboxylic acid groups (broad SMARTS) is 1. The van der Waals surface area contributed by atoms with Gasteiger partial charge in [-0.2, -0.15) is 0 Å². The third-order valence-corrected chi connectivity index (χ3v) is 3.41. The number of rotatable bonds is 5. The first-order chi connectivity index (χ1) is 8.84. The summed E-state index contributed by atoms with van der Waals surface area (Å²) >= 11 is 2.99. The van der Waals surface area contributed by atoms with Gasteiger partial charge in [0, 0.05) is 6.54 Å². The lowest BCUT2D eigenvalue weighted by molar-refractivity contribution is -0.142. The second-order valence-corrected chi connectivity index (χ2v) is 5.35. The Labute approximate surface area is 119 Å². The van der Waals surface area contributed by atoms with Crippen LogP contribution in [0.25, 0.3) is 0 Å². The minimum absolute atomic E-state index is 0.0300. The number of carbonyl (C=O) groups is 2. The SMILES string of the molecule is CC(C)C(CNC(=O)c1cccc(Br)c1F)C(=O)O. The topological polar surface area (TPSA) is 66.4 Å². The molecule has 1 rings (SSSR count). The summed E-state index contributed by atoms with van der Waals surface area (Å²) in [5.74, 6) is -3.07. The van der Waals surface area contributed by atoms with Gasteiger partial charge >= 0.3 is 5.97 Å². The first kappa shape index (κ1) is 15.6. The van der Waals surface area contributed by atoms with Crippen LogP contribution in [0.5, 0.6) is 0 Å². The monoisotopic (exact) mass is 331 g/mol. The van der Waals surface area contributed by atoms with Gasteiger partial charge in [0.05, 0.1) is 16.0 Å². The van der Waals surface area contributed by atoms with E-state index in [1.54, 1.807) is 19.9 Å². The Morgan fingerprint density at radius 2 is 2.05 bits per heavy atom. The number of hydrogen-bond donors (Lipinski definition) is 2. The van der Waals surface area contributed by atoms with Crippen molar-refractivity contribution in [2.45, 2.75) is 13.8 Å². The van der Waals surface area contributed by atoms with Gasteiger partial charge in [0.1, 0.15) is 5.82 Å². The first-order valence-electron chi connectivity index (χ1n) is 5.79. The van der Waals surface area contributed by atoms with E-state index in [1.165, 1.54) is 12.1 Å². The number of halogens is 2. The van der Waals surface area contributed by atoms with Crippen LogP contribution in [0.1, 0.15) is 24.2 Å². The number of aliphatic carboxylic acids is 1. The summed E-state index contributed by atoms with van der Waals surface area (Å²) in [7, 11) is 0. The molecular weight excluding hydrogens is 317 g/mol. The molecule has 4 nitrogen and oxygen atoms in total. The van der Waals surface area contributed by atoms with E-state index < -0.39 is 23.6 Å². The van der Waals surface area contributed by atoms with Crippen LogP contribution in [0, 0.1) is 17.7 Å². The van der Waals surface area contributed by atoms with Crippen molar-refractivity contribution in [3.05, 3.63) is 34.1 Å². The van der Waals surface area contributed by atoms with E-state index in [9.17, 15) is 14.0 Å². The highest BCUT2D eigenvalue weighted by Crippen LogP contribution is 2.18. The van der Waals surface area contributed by atoms with Crippen molar-refractivity contribution in [1.82, 2.24) is 5.32 Å². The molecule has 1 unspecified atom stereocenters. The molecule has 1 aromatic carbocycles. The minimum atomic E-state index is -0.981. The second kappa shape index (κ2) is 6.65. The van der Waals surface area contributed by atoms with E-state index in [0.29, 0.717) is 0 Å². The van der Waals surface area contributed by atoms with Crippen LogP contribution in [0.2, 0.25) is 0 Å². The van der Waals surface area contributed by atoms with E-state index in [1.807, 2.05) is 0 Å². The van der Waals surface area contributed by atoms with E-state index >= 15 is 0 Å². The molecule has 1 amide bonds. The molecule has 0 aliphatic carbocycles. The third-order valence-electron chi connectivity index (χ3n) is 2.80. The Morgan fingerprint density at radius 3 is 2.58 bits per heavy atom. The Bertz CT molecular complexity index is 491. The van der Waals surface area contributed by atoms with Crippen molar-refractivity contribution in [1.29, 1.82) is 0 Å². The van der Waals surface area contributed by atoms with Crippen LogP contribution in [-0.2, 0) is 4.79 Å². The van der Waals surface area contributed by atoms with Gasteiger partial charge < -0.3 is 10.4 Å². The maximum absolute atomic E-state index is 13.7. The molecule has 19 heavy (non-hydrogen) atoms. The van der Waals surface area contributed by atoms with E-state index in [0.717, 1.165) is 0 Å². The minimum Gasteiger partial charge on any atom is -0.481 e. The summed E-state index contributed by atoms with van der Waals surface area (Å²) in [6.07, 6.45) is 0. The van der Waals surface area contributed by atoms with Crippen molar-refractivity contribution in [2.24, 2.45) is 11.8 Å². The molecule has 1 aromatic rings. The molecule has 2 N–H and O–H groups in total. The van der Waals surface area contributed by atoms with E-state index in [-0.39, 0.29) is 22.5 Å². The molecule has 0 heterocycles. The molecule has 0 bridgehead atoms. The van der Waals surface area contributed by atoms with Gasteiger partial charge in [-0.25, -0.2) is 4.39 Å². The Balaban J connectivity index is 2.75. The number of hydrogen-bond acceptors (Lipinski definition) is 2. The molecule has 104 valence electrons. The quantitative estimate of drug-likeness (QED) is 0.871. The number of carboxylic acids is 1. The van der Waals surface area contributed by atoms with Crippen LogP contribution in [-0.4, -0.2) is 23.5 Å². The fraction of sp³-hybridized carbons (Fsp3) is 0.385. The Kier molecular flexibility index (Phi) is 5.47. The maximum atomic E-state index is 13.7. The van der Waals surface area contributed by atoms with Crippen molar-refractivity contribution < 1.29 is 19.1 Å². The summed E-state index contributed by atoms with van der Waals surface area (Å²) in [4.78, 5) is 22.8. The summed E-state index contributed by atoms with van der Waals surface area (Å²) < 4.78 is 13.9. The molecule has 0 saturated carbocycles. The summed E-state index contributed by atoms with van der Waals surface area (Å²) in [6.45, 7) is 3.48. The normalized spacial score (nSPS) is 12.3. The van der Waals surface area contributed by atoms with Crippen LogP contribution < -0.4 is 5.32 Å². The maximum Gasteiger partial charge on any atom is 0.308 e. The molecule has 0 spiro atoms. The van der Waals surface area contributed by atoms with Gasteiger partial charge in [-0.05, 0) is 34.0 Å². The highest BCUT2D eigenvalue weighted by molar-refractivity contribution is 9.10. The number of benzene rings is 1. The third kappa shape index (κ3) is 4.02. The van der Waals surface area contributed by atoms with Gasteiger partial charge in [0.2, 0.25) is 0 Å². The van der Waals surface area contributed by atoms with Crippen LogP contribution >= 0.6 is 15.9 Å². The summed E-state index contributed by atoms with van der Waals surface area (Å²) in [5, 5.41) is 11.4. The molecule has 0 aliphatic rings. The summed E-state index contributed by atoms with van der Waals surface area (Å²) in [5.41, 5.74) is -0.109. The zero-order chi connectivity index (χ0) is 14.6. The van der Waals surface area contributed by atoms with Crippen molar-refractivity contribution in [2.75, 3.05) is 6.54 Å². The highest BCUT2D eigenvalue weighted by atomic mass is 79.9. The highest BCUT2D eigenvalue weighted by Gasteiger charge is 2.23. The first-order valence-corrected chi connectivity index (χ1v) is 6.59. The predicted octanol–water partition coefficient (Wildman–Crippen LogP) is 2.67. The lowest BCUT2D eigenvalue weighted by Crippen LogP contribution is -2.35. The molecule has 0 radical (unpaired) electrons. The zero-order valence-electron chi connectivity index (χ0n) is 10.6. The fourth-order valence-electron chi connectivity index (χ4n) is 1.59. The van der Waals surface area contributed by atoms with Gasteiger partial charge in [0.15, 0.2) is 0 Å². The standard InChI is InChI=1S/C13H15BrFNO3/c1-7(2)9(13(18)19)6-16-12(17)8-4-3-5-10(14)11(8)15/h3-5,7,9H,6H2,1-2H3,(H,16,17)(H,18,19). The lowest BCUT2D eigenvalue weighted by Gasteiger charge is -2.16. The molecule has 0 aromatic heterocycles. The van der Waals surface area contributed by atoms with E-state index in [2.05, 4.69) is 21.2 Å². The molecule has 0 fully saturated rings. The number of nitrogens with one attached hydrogen (secondary N) is 1. The Hall–Kier alpha value is -1.43. The van der Waals surface area contributed by atoms with E-state index in [4.69, 9.17) is 5.11 Å². The summed E-state index contributed by atoms with van der Waals surface area (Å²) in [6, 6.07) is 4.38. The van der Waals surface area contributed by atoms with Crippen LogP contribution in [0.3, 0.4) is 0 Å². The average Bonchev–Trinajstić information content (AvgIpc) is 2.31. The largest absolute Gasteiger partial charge is 0.481 e. The van der Waals surface area contributed by atoms with Crippen LogP contribution in [0.4, 0.5) is 4.39 Å². The Morgan fingerprint density at radius 1 is 1.42 bits per heavy atom. The number of carbonyl (C=O) groups excluding carboxylic acids is 1. The van der Waals surface area contributed by atoms with Gasteiger partial charge in [-0.3, -0.25) is 9.59 Å². The molecule has 0 saturated heterocycles. The van der Waals surface area contributed by atoms with Crippen molar-refractivity contribution >= 4 is 27.8 Å². The predicted molar refractivity (Wildman–Crippen MR) is 72.4 cm³/mol. The zero-order valence-corrected chi connectivity index (χ0v) is 12.2. The van der Waals surface area contributed by atoms with Gasteiger partial charge in [0.25, 0.3) is 5.91 Å². The van der Waals surface area contributed by atoms with Gasteiger partial charge in [-0.1, -0.05) is 19.9 Å². The molecule has 0 aliphatic heterocycles. The van der Waals surface area contributed by atoms with Crippen molar-refractivity contribution in [3.8, 4) is 0 Å². The number of amides is 1. The fourth-order valence-corrected chi connectivity index (χ4v) is 1.95.